The quantitative estimate of drug-likeness (QED) is 0.198. The number of amides is 4. The van der Waals surface area contributed by atoms with Gasteiger partial charge in [0.2, 0.25) is 0 Å². The number of phosphoric acid groups is 1. The van der Waals surface area contributed by atoms with Gasteiger partial charge in [0.25, 0.3) is 0 Å². The summed E-state index contributed by atoms with van der Waals surface area (Å²) in [7, 11) is -4.64. The molecule has 0 saturated carbocycles. The smallest absolute Gasteiger partial charge is 0.396 e. The van der Waals surface area contributed by atoms with Crippen molar-refractivity contribution in [1.82, 2.24) is 5.32 Å². The molecule has 0 rings (SSSR count). The summed E-state index contributed by atoms with van der Waals surface area (Å²) in [5, 5.41) is 10.5. The molecule has 0 radical (unpaired) electrons. The number of nitrogens with two attached hydrogens (primary N) is 3. The average molecular weight is 276 g/mol. The molecule has 12 heteroatoms. The topological polar surface area (TPSA) is 222 Å². The lowest BCUT2D eigenvalue weighted by molar-refractivity contribution is 0.245. The Kier molecular flexibility index (Phi) is 15.6. The van der Waals surface area contributed by atoms with Crippen LogP contribution in [0, 0.1) is 0 Å². The van der Waals surface area contributed by atoms with Crippen LogP contribution in [0.2, 0.25) is 0 Å². The molecule has 104 valence electrons. The number of hydrogen-bond donors (Lipinski definition) is 8. The minimum Gasteiger partial charge on any atom is -0.396 e. The number of rotatable bonds is 3. The molecular formula is C5H17N4O7P. The first-order valence-corrected chi connectivity index (χ1v) is 5.54. The van der Waals surface area contributed by atoms with Gasteiger partial charge in [0.1, 0.15) is 0 Å². The molecule has 0 aliphatic carbocycles. The minimum atomic E-state index is -4.64. The van der Waals surface area contributed by atoms with E-state index in [2.05, 4.69) is 16.8 Å². The number of urea groups is 2. The van der Waals surface area contributed by atoms with Crippen LogP contribution in [-0.4, -0.2) is 45.0 Å². The van der Waals surface area contributed by atoms with Crippen LogP contribution in [0.4, 0.5) is 9.59 Å². The molecule has 0 aliphatic heterocycles. The number of hydrogen-bond acceptors (Lipinski definition) is 4. The molecule has 17 heavy (non-hydrogen) atoms. The molecule has 0 fully saturated rings. The summed E-state index contributed by atoms with van der Waals surface area (Å²) in [6, 6.07) is -1.38. The molecule has 11 nitrogen and oxygen atoms in total. The van der Waals surface area contributed by atoms with E-state index < -0.39 is 19.9 Å². The highest BCUT2D eigenvalue weighted by Gasteiger charge is 2.00. The van der Waals surface area contributed by atoms with Crippen LogP contribution in [-0.2, 0) is 4.57 Å². The first-order valence-electron chi connectivity index (χ1n) is 3.98. The van der Waals surface area contributed by atoms with Gasteiger partial charge in [-0.15, -0.1) is 0 Å². The number of aliphatic hydroxyl groups excluding tert-OH is 1. The number of carbonyl (C=O) groups is 2. The van der Waals surface area contributed by atoms with E-state index in [1.54, 1.807) is 0 Å². The van der Waals surface area contributed by atoms with Crippen molar-refractivity contribution in [2.24, 2.45) is 17.2 Å². The lowest BCUT2D eigenvalue weighted by Gasteiger charge is -1.95. The van der Waals surface area contributed by atoms with Crippen molar-refractivity contribution < 1.29 is 33.9 Å². The van der Waals surface area contributed by atoms with Gasteiger partial charge in [0.15, 0.2) is 0 Å². The number of carbonyl (C=O) groups excluding carboxylic acids is 2. The fourth-order valence-electron chi connectivity index (χ4n) is 0.291. The van der Waals surface area contributed by atoms with E-state index in [-0.39, 0.29) is 6.61 Å². The predicted octanol–water partition coefficient (Wildman–Crippen LogP) is -2.87. The average Bonchev–Trinajstić information content (AvgIpc) is 1.99. The van der Waals surface area contributed by atoms with Crippen LogP contribution in [0.5, 0.6) is 0 Å². The standard InChI is InChI=1S/C4H10N2O2.CH4N2O.H3O4P/c5-4(8)6-2-1-3-7;2-1(3)4;1-5(2,3)4/h7H,1-3H2,(H3,5,6,8);(H4,2,3,4);(H3,1,2,3,4). The minimum absolute atomic E-state index is 0.0836. The van der Waals surface area contributed by atoms with E-state index in [4.69, 9.17) is 34.9 Å². The van der Waals surface area contributed by atoms with Crippen LogP contribution < -0.4 is 22.5 Å². The van der Waals surface area contributed by atoms with E-state index in [9.17, 15) is 4.79 Å². The monoisotopic (exact) mass is 276 g/mol. The summed E-state index contributed by atoms with van der Waals surface area (Å²) in [5.41, 5.74) is 13.2. The van der Waals surface area contributed by atoms with Crippen LogP contribution in [0.15, 0.2) is 0 Å². The summed E-state index contributed by atoms with van der Waals surface area (Å²) >= 11 is 0. The van der Waals surface area contributed by atoms with Gasteiger partial charge in [-0.3, -0.25) is 0 Å². The molecule has 0 spiro atoms. The Morgan fingerprint density at radius 2 is 1.41 bits per heavy atom. The molecule has 0 aromatic heterocycles. The highest BCUT2D eigenvalue weighted by molar-refractivity contribution is 7.45. The van der Waals surface area contributed by atoms with Gasteiger partial charge < -0.3 is 42.3 Å². The Bertz CT molecular complexity index is 242. The first-order chi connectivity index (χ1) is 7.50. The van der Waals surface area contributed by atoms with Crippen molar-refractivity contribution in [3.8, 4) is 0 Å². The zero-order chi connectivity index (χ0) is 14.5. The third-order valence-electron chi connectivity index (χ3n) is 0.634. The Hall–Kier alpha value is -1.39. The maximum absolute atomic E-state index is 9.90. The maximum Gasteiger partial charge on any atom is 0.466 e. The number of aliphatic hydroxyl groups is 1. The van der Waals surface area contributed by atoms with E-state index in [1.807, 2.05) is 0 Å². The third kappa shape index (κ3) is 178. The van der Waals surface area contributed by atoms with Crippen molar-refractivity contribution in [2.45, 2.75) is 6.42 Å². The van der Waals surface area contributed by atoms with Crippen molar-refractivity contribution >= 4 is 19.9 Å². The van der Waals surface area contributed by atoms with Gasteiger partial charge in [-0.2, -0.15) is 0 Å². The lowest BCUT2D eigenvalue weighted by Crippen LogP contribution is -2.30. The molecule has 0 aromatic carbocycles. The second kappa shape index (κ2) is 12.7. The van der Waals surface area contributed by atoms with Gasteiger partial charge in [0.05, 0.1) is 0 Å². The summed E-state index contributed by atoms with van der Waals surface area (Å²) in [5.74, 6) is 0. The van der Waals surface area contributed by atoms with Gasteiger partial charge in [-0.05, 0) is 6.42 Å². The van der Waals surface area contributed by atoms with Crippen molar-refractivity contribution in [1.29, 1.82) is 0 Å². The fourth-order valence-corrected chi connectivity index (χ4v) is 0.291. The Morgan fingerprint density at radius 1 is 1.12 bits per heavy atom. The SMILES string of the molecule is NC(=O)NCCCO.NC(N)=O.O=P(O)(O)O. The van der Waals surface area contributed by atoms with Crippen LogP contribution in [0.1, 0.15) is 6.42 Å². The molecule has 0 saturated heterocycles. The summed E-state index contributed by atoms with van der Waals surface area (Å²) in [6.07, 6.45) is 0.558. The zero-order valence-electron chi connectivity index (χ0n) is 8.81. The molecule has 0 heterocycles. The van der Waals surface area contributed by atoms with E-state index in [1.165, 1.54) is 0 Å². The molecule has 4 amide bonds. The van der Waals surface area contributed by atoms with E-state index >= 15 is 0 Å². The summed E-state index contributed by atoms with van der Waals surface area (Å²) < 4.78 is 8.88. The maximum atomic E-state index is 9.90. The fraction of sp³-hybridized carbons (Fsp3) is 0.600. The molecule has 0 aliphatic rings. The molecular weight excluding hydrogens is 259 g/mol. The Morgan fingerprint density at radius 3 is 1.59 bits per heavy atom. The normalized spacial score (nSPS) is 8.94. The molecule has 0 atom stereocenters. The van der Waals surface area contributed by atoms with Gasteiger partial charge in [-0.25, -0.2) is 14.2 Å². The van der Waals surface area contributed by atoms with Crippen LogP contribution >= 0.6 is 7.82 Å². The van der Waals surface area contributed by atoms with Crippen LogP contribution in [0.25, 0.3) is 0 Å². The second-order valence-electron chi connectivity index (χ2n) is 2.28. The van der Waals surface area contributed by atoms with E-state index in [0.717, 1.165) is 0 Å². The van der Waals surface area contributed by atoms with Crippen molar-refractivity contribution in [2.75, 3.05) is 13.2 Å². The van der Waals surface area contributed by atoms with Gasteiger partial charge in [0, 0.05) is 13.2 Å². The second-order valence-corrected chi connectivity index (χ2v) is 3.31. The largest absolute Gasteiger partial charge is 0.466 e. The zero-order valence-corrected chi connectivity index (χ0v) is 9.71. The molecule has 0 bridgehead atoms. The van der Waals surface area contributed by atoms with Crippen molar-refractivity contribution in [3.63, 3.8) is 0 Å². The third-order valence-corrected chi connectivity index (χ3v) is 0.634. The Balaban J connectivity index is -0.000000188. The van der Waals surface area contributed by atoms with Crippen LogP contribution in [0.3, 0.4) is 0 Å². The van der Waals surface area contributed by atoms with Gasteiger partial charge in [-0.1, -0.05) is 0 Å². The predicted molar refractivity (Wildman–Crippen MR) is 57.3 cm³/mol. The Labute approximate surface area is 96.8 Å². The van der Waals surface area contributed by atoms with E-state index in [0.29, 0.717) is 13.0 Å². The highest BCUT2D eigenvalue weighted by Crippen LogP contribution is 2.25. The van der Waals surface area contributed by atoms with Gasteiger partial charge >= 0.3 is 19.9 Å². The highest BCUT2D eigenvalue weighted by atomic mass is 31.2. The van der Waals surface area contributed by atoms with Crippen molar-refractivity contribution in [3.05, 3.63) is 0 Å². The number of primary amides is 3. The lowest BCUT2D eigenvalue weighted by atomic mass is 10.5. The summed E-state index contributed by atoms with van der Waals surface area (Å²) in [6.45, 7) is 0.534. The first kappa shape index (κ1) is 21.0. The molecule has 11 N–H and O–H groups in total. The number of nitrogens with one attached hydrogen (secondary N) is 1. The molecule has 0 aromatic rings. The molecule has 0 unspecified atom stereocenters. The summed E-state index contributed by atoms with van der Waals surface area (Å²) in [4.78, 5) is 40.5.